The van der Waals surface area contributed by atoms with Crippen molar-refractivity contribution in [2.45, 2.75) is 9.65 Å². The highest BCUT2D eigenvalue weighted by Crippen LogP contribution is 2.67. The highest BCUT2D eigenvalue weighted by Gasteiger charge is 2.68. The highest BCUT2D eigenvalue weighted by molar-refractivity contribution is 9.13. The summed E-state index contributed by atoms with van der Waals surface area (Å²) in [6.07, 6.45) is 17.9. The van der Waals surface area contributed by atoms with Crippen LogP contribution in [0.1, 0.15) is 0 Å². The van der Waals surface area contributed by atoms with E-state index in [9.17, 15) is 0 Å². The molecule has 15 heavy (non-hydrogen) atoms. The minimum atomic E-state index is 0.312. The first-order valence-corrected chi connectivity index (χ1v) is 7.09. The van der Waals surface area contributed by atoms with Crippen LogP contribution in [0, 0.1) is 17.3 Å². The molecular formula is C13H12Br2. The van der Waals surface area contributed by atoms with Gasteiger partial charge in [-0.2, -0.15) is 0 Å². The number of rotatable bonds is 2. The summed E-state index contributed by atoms with van der Waals surface area (Å²) in [4.78, 5) is 1.14. The van der Waals surface area contributed by atoms with Gasteiger partial charge in [0.1, 0.15) is 0 Å². The Morgan fingerprint density at radius 2 is 1.00 bits per heavy atom. The first-order valence-electron chi connectivity index (χ1n) is 5.26. The molecule has 0 nitrogen and oxygen atoms in total. The van der Waals surface area contributed by atoms with Gasteiger partial charge in [-0.25, -0.2) is 0 Å². The van der Waals surface area contributed by atoms with Crippen molar-refractivity contribution >= 4 is 31.9 Å². The van der Waals surface area contributed by atoms with E-state index in [4.69, 9.17) is 0 Å². The second-order valence-corrected chi connectivity index (χ2v) is 6.37. The molecule has 0 spiro atoms. The van der Waals surface area contributed by atoms with E-state index in [-0.39, 0.29) is 0 Å². The van der Waals surface area contributed by atoms with E-state index >= 15 is 0 Å². The molecule has 2 unspecified atom stereocenters. The van der Waals surface area contributed by atoms with Crippen LogP contribution in [0.2, 0.25) is 0 Å². The number of alkyl halides is 2. The largest absolute Gasteiger partial charge is 0.0871 e. The number of hydrogen-bond acceptors (Lipinski definition) is 0. The number of halogens is 2. The maximum atomic E-state index is 3.81. The number of allylic oxidation sites excluding steroid dienone is 8. The van der Waals surface area contributed by atoms with Crippen molar-refractivity contribution in [3.8, 4) is 0 Å². The van der Waals surface area contributed by atoms with E-state index < -0.39 is 0 Å². The Kier molecular flexibility index (Phi) is 2.33. The predicted octanol–water partition coefficient (Wildman–Crippen LogP) is 4.00. The summed E-state index contributed by atoms with van der Waals surface area (Å²) in [5.74, 6) is 1.12. The van der Waals surface area contributed by atoms with Crippen LogP contribution < -0.4 is 0 Å². The lowest BCUT2D eigenvalue weighted by molar-refractivity contribution is 0.379. The quantitative estimate of drug-likeness (QED) is 0.672. The molecule has 0 heterocycles. The highest BCUT2D eigenvalue weighted by atomic mass is 79.9. The lowest BCUT2D eigenvalue weighted by Gasteiger charge is -2.26. The standard InChI is InChI=1S/C13H12Br2/c14-11-12(15)13(11,9-5-1-2-6-9)10-7-3-4-8-10/h1-12H. The zero-order valence-electron chi connectivity index (χ0n) is 8.18. The van der Waals surface area contributed by atoms with Gasteiger partial charge in [-0.15, -0.1) is 0 Å². The van der Waals surface area contributed by atoms with Crippen LogP contribution in [0.5, 0.6) is 0 Å². The third-order valence-electron chi connectivity index (χ3n) is 3.75. The van der Waals surface area contributed by atoms with Gasteiger partial charge in [0, 0.05) is 26.9 Å². The lowest BCUT2D eigenvalue weighted by atomic mass is 9.79. The molecule has 3 aliphatic rings. The fourth-order valence-electron chi connectivity index (χ4n) is 2.83. The van der Waals surface area contributed by atoms with E-state index in [1.807, 2.05) is 0 Å². The van der Waals surface area contributed by atoms with Gasteiger partial charge in [-0.1, -0.05) is 80.5 Å². The molecular weight excluding hydrogens is 316 g/mol. The monoisotopic (exact) mass is 326 g/mol. The first-order chi connectivity index (χ1) is 7.28. The molecule has 0 N–H and O–H groups in total. The average Bonchev–Trinajstić information content (AvgIpc) is 2.82. The van der Waals surface area contributed by atoms with E-state index in [0.717, 1.165) is 0 Å². The molecule has 1 saturated carbocycles. The summed E-state index contributed by atoms with van der Waals surface area (Å²) >= 11 is 7.62. The third kappa shape index (κ3) is 1.24. The van der Waals surface area contributed by atoms with Crippen LogP contribution >= 0.6 is 31.9 Å². The van der Waals surface area contributed by atoms with Crippen molar-refractivity contribution in [2.24, 2.45) is 17.3 Å². The SMILES string of the molecule is BrC1C(Br)C1(C1C=CC=C1)C1C=CC=C1. The van der Waals surface area contributed by atoms with Gasteiger partial charge in [0.15, 0.2) is 0 Å². The molecule has 0 aromatic heterocycles. The summed E-state index contributed by atoms with van der Waals surface area (Å²) in [5, 5.41) is 0. The normalized spacial score (nSPS) is 36.9. The van der Waals surface area contributed by atoms with E-state index in [1.165, 1.54) is 0 Å². The van der Waals surface area contributed by atoms with Gasteiger partial charge in [-0.05, 0) is 0 Å². The van der Waals surface area contributed by atoms with Crippen molar-refractivity contribution in [3.05, 3.63) is 48.6 Å². The molecule has 0 aromatic carbocycles. The molecule has 0 bridgehead atoms. The van der Waals surface area contributed by atoms with Crippen LogP contribution in [0.15, 0.2) is 48.6 Å². The van der Waals surface area contributed by atoms with E-state index in [1.54, 1.807) is 0 Å². The fraction of sp³-hybridized carbons (Fsp3) is 0.385. The molecule has 0 radical (unpaired) electrons. The Balaban J connectivity index is 1.97. The number of hydrogen-bond donors (Lipinski definition) is 0. The van der Waals surface area contributed by atoms with Crippen molar-refractivity contribution in [1.82, 2.24) is 0 Å². The summed E-state index contributed by atoms with van der Waals surface area (Å²) in [6, 6.07) is 0. The fourth-order valence-corrected chi connectivity index (χ4v) is 5.58. The van der Waals surface area contributed by atoms with Gasteiger partial charge in [0.05, 0.1) is 0 Å². The maximum absolute atomic E-state index is 3.81. The maximum Gasteiger partial charge on any atom is 0.0362 e. The van der Waals surface area contributed by atoms with Crippen LogP contribution in [0.25, 0.3) is 0 Å². The zero-order valence-corrected chi connectivity index (χ0v) is 11.4. The van der Waals surface area contributed by atoms with E-state index in [2.05, 4.69) is 80.5 Å². The van der Waals surface area contributed by atoms with Gasteiger partial charge in [-0.3, -0.25) is 0 Å². The van der Waals surface area contributed by atoms with Crippen LogP contribution in [0.4, 0.5) is 0 Å². The molecule has 0 aromatic rings. The Bertz CT molecular complexity index is 327. The zero-order chi connectivity index (χ0) is 10.5. The Labute approximate surface area is 107 Å². The Hall–Kier alpha value is -0.0800. The summed E-state index contributed by atoms with van der Waals surface area (Å²) < 4.78 is 0. The summed E-state index contributed by atoms with van der Waals surface area (Å²) in [6.45, 7) is 0. The van der Waals surface area contributed by atoms with Crippen molar-refractivity contribution in [3.63, 3.8) is 0 Å². The second kappa shape index (κ2) is 3.46. The molecule has 2 heteroatoms. The van der Waals surface area contributed by atoms with Crippen LogP contribution in [-0.2, 0) is 0 Å². The molecule has 0 aliphatic heterocycles. The Morgan fingerprint density at radius 3 is 1.27 bits per heavy atom. The second-order valence-electron chi connectivity index (χ2n) is 4.39. The molecule has 0 amide bonds. The summed E-state index contributed by atoms with van der Waals surface area (Å²) in [5.41, 5.74) is 0.312. The van der Waals surface area contributed by atoms with Crippen LogP contribution in [0.3, 0.4) is 0 Å². The van der Waals surface area contributed by atoms with E-state index in [0.29, 0.717) is 26.9 Å². The molecule has 3 aliphatic carbocycles. The minimum Gasteiger partial charge on any atom is -0.0871 e. The van der Waals surface area contributed by atoms with Crippen molar-refractivity contribution < 1.29 is 0 Å². The molecule has 3 rings (SSSR count). The first kappa shape index (κ1) is 10.1. The lowest BCUT2D eigenvalue weighted by Crippen LogP contribution is -2.23. The topological polar surface area (TPSA) is 0 Å². The smallest absolute Gasteiger partial charge is 0.0362 e. The summed E-state index contributed by atoms with van der Waals surface area (Å²) in [7, 11) is 0. The van der Waals surface area contributed by atoms with Crippen LogP contribution in [-0.4, -0.2) is 9.65 Å². The Morgan fingerprint density at radius 1 is 0.667 bits per heavy atom. The predicted molar refractivity (Wildman–Crippen MR) is 71.4 cm³/mol. The minimum absolute atomic E-state index is 0.312. The van der Waals surface area contributed by atoms with Gasteiger partial charge in [0.2, 0.25) is 0 Å². The molecule has 1 fully saturated rings. The van der Waals surface area contributed by atoms with Gasteiger partial charge < -0.3 is 0 Å². The molecule has 78 valence electrons. The van der Waals surface area contributed by atoms with Crippen molar-refractivity contribution in [2.75, 3.05) is 0 Å². The van der Waals surface area contributed by atoms with Gasteiger partial charge in [0.25, 0.3) is 0 Å². The average molecular weight is 328 g/mol. The third-order valence-corrected chi connectivity index (χ3v) is 7.11. The molecule has 2 atom stereocenters. The van der Waals surface area contributed by atoms with Gasteiger partial charge >= 0.3 is 0 Å². The van der Waals surface area contributed by atoms with Crippen molar-refractivity contribution in [1.29, 1.82) is 0 Å². The molecule has 0 saturated heterocycles.